The average Bonchev–Trinajstić information content (AvgIpc) is 2.67. The summed E-state index contributed by atoms with van der Waals surface area (Å²) in [5.41, 5.74) is 2.86. The molecule has 0 aromatic heterocycles. The average molecular weight is 454 g/mol. The largest absolute Gasteiger partial charge is 0.481 e. The minimum Gasteiger partial charge on any atom is -0.481 e. The smallest absolute Gasteiger partial charge is 0.311 e. The molecule has 3 nitrogen and oxygen atoms in total. The third-order valence-corrected chi connectivity index (χ3v) is 5.97. The topological polar surface area (TPSA) is 40.5 Å². The lowest BCUT2D eigenvalue weighted by molar-refractivity contribution is -0.142. The van der Waals surface area contributed by atoms with Crippen LogP contribution in [0.1, 0.15) is 28.7 Å². The van der Waals surface area contributed by atoms with E-state index in [4.69, 9.17) is 0 Å². The molecule has 0 radical (unpaired) electrons. The van der Waals surface area contributed by atoms with Crippen LogP contribution in [0, 0.1) is 11.7 Å². The van der Waals surface area contributed by atoms with Crippen LogP contribution in [0.3, 0.4) is 0 Å². The van der Waals surface area contributed by atoms with Crippen LogP contribution in [0.25, 0.3) is 0 Å². The van der Waals surface area contributed by atoms with Gasteiger partial charge in [0.15, 0.2) is 0 Å². The Kier molecular flexibility index (Phi) is 5.79. The minimum absolute atomic E-state index is 0.0716. The fraction of sp³-hybridized carbons (Fsp3) is 0.208. The maximum Gasteiger partial charge on any atom is 0.311 e. The van der Waals surface area contributed by atoms with Gasteiger partial charge in [-0.1, -0.05) is 76.6 Å². The Morgan fingerprint density at radius 3 is 1.97 bits per heavy atom. The molecule has 1 unspecified atom stereocenters. The van der Waals surface area contributed by atoms with E-state index in [0.717, 1.165) is 0 Å². The van der Waals surface area contributed by atoms with Gasteiger partial charge >= 0.3 is 5.97 Å². The van der Waals surface area contributed by atoms with Crippen LogP contribution in [0.4, 0.5) is 4.39 Å². The predicted molar refractivity (Wildman–Crippen MR) is 114 cm³/mol. The van der Waals surface area contributed by atoms with Gasteiger partial charge in [0.1, 0.15) is 5.82 Å². The maximum absolute atomic E-state index is 13.9. The fourth-order valence-corrected chi connectivity index (χ4v) is 4.71. The first-order chi connectivity index (χ1) is 14.0. The summed E-state index contributed by atoms with van der Waals surface area (Å²) in [6.45, 7) is 1.28. The van der Waals surface area contributed by atoms with Gasteiger partial charge in [-0.15, -0.1) is 0 Å². The van der Waals surface area contributed by atoms with Crippen molar-refractivity contribution < 1.29 is 14.3 Å². The zero-order valence-electron chi connectivity index (χ0n) is 15.7. The molecule has 1 heterocycles. The Bertz CT molecular complexity index is 931. The van der Waals surface area contributed by atoms with Crippen LogP contribution < -0.4 is 0 Å². The number of halogens is 2. The van der Waals surface area contributed by atoms with E-state index in [1.54, 1.807) is 6.07 Å². The molecule has 1 aliphatic rings. The van der Waals surface area contributed by atoms with Crippen molar-refractivity contribution in [3.63, 3.8) is 0 Å². The molecule has 1 aliphatic heterocycles. The zero-order valence-corrected chi connectivity index (χ0v) is 17.3. The molecule has 0 amide bonds. The lowest BCUT2D eigenvalue weighted by Gasteiger charge is -2.47. The number of benzene rings is 3. The molecule has 1 fully saturated rings. The second-order valence-electron chi connectivity index (χ2n) is 7.46. The lowest BCUT2D eigenvalue weighted by Crippen LogP contribution is -2.52. The first-order valence-corrected chi connectivity index (χ1v) is 10.3. The standard InChI is InChI=1S/C24H21BrFNO2/c25-20-11-18(12-21(26)13-20)22(24(28)29)19-14-27(15-19)23(16-7-3-1-4-8-16)17-9-5-2-6-10-17/h1-13,19,22-23H,14-15H2,(H,28,29). The molecule has 0 spiro atoms. The zero-order chi connectivity index (χ0) is 20.4. The summed E-state index contributed by atoms with van der Waals surface area (Å²) in [7, 11) is 0. The highest BCUT2D eigenvalue weighted by Gasteiger charge is 2.42. The molecule has 3 aromatic carbocycles. The van der Waals surface area contributed by atoms with Crippen molar-refractivity contribution in [1.29, 1.82) is 0 Å². The highest BCUT2D eigenvalue weighted by atomic mass is 79.9. The van der Waals surface area contributed by atoms with Gasteiger partial charge in [-0.2, -0.15) is 0 Å². The number of hydrogen-bond acceptors (Lipinski definition) is 2. The van der Waals surface area contributed by atoms with E-state index in [1.807, 2.05) is 36.4 Å². The summed E-state index contributed by atoms with van der Waals surface area (Å²) in [6.07, 6.45) is 0. The van der Waals surface area contributed by atoms with E-state index < -0.39 is 17.7 Å². The van der Waals surface area contributed by atoms with E-state index in [1.165, 1.54) is 23.3 Å². The summed E-state index contributed by atoms with van der Waals surface area (Å²) in [6, 6.07) is 24.9. The van der Waals surface area contributed by atoms with Crippen LogP contribution in [0.2, 0.25) is 0 Å². The van der Waals surface area contributed by atoms with Gasteiger partial charge in [-0.05, 0) is 34.9 Å². The number of nitrogens with zero attached hydrogens (tertiary/aromatic N) is 1. The molecule has 0 saturated carbocycles. The number of hydrogen-bond donors (Lipinski definition) is 1. The van der Waals surface area contributed by atoms with E-state index >= 15 is 0 Å². The van der Waals surface area contributed by atoms with Crippen LogP contribution in [-0.2, 0) is 4.79 Å². The summed E-state index contributed by atoms with van der Waals surface area (Å²) < 4.78 is 14.4. The molecule has 1 atom stereocenters. The van der Waals surface area contributed by atoms with E-state index in [-0.39, 0.29) is 12.0 Å². The van der Waals surface area contributed by atoms with E-state index in [9.17, 15) is 14.3 Å². The van der Waals surface area contributed by atoms with E-state index in [0.29, 0.717) is 23.1 Å². The van der Waals surface area contributed by atoms with Crippen LogP contribution >= 0.6 is 15.9 Å². The van der Waals surface area contributed by atoms with Gasteiger partial charge in [0.25, 0.3) is 0 Å². The Hall–Kier alpha value is -2.50. The normalized spacial score (nSPS) is 15.8. The quantitative estimate of drug-likeness (QED) is 0.537. The van der Waals surface area contributed by atoms with Gasteiger partial charge in [-0.25, -0.2) is 4.39 Å². The van der Waals surface area contributed by atoms with E-state index in [2.05, 4.69) is 45.1 Å². The van der Waals surface area contributed by atoms with Crippen molar-refractivity contribution in [2.24, 2.45) is 5.92 Å². The van der Waals surface area contributed by atoms with Crippen molar-refractivity contribution in [3.8, 4) is 0 Å². The van der Waals surface area contributed by atoms with Crippen LogP contribution in [0.15, 0.2) is 83.3 Å². The number of rotatable bonds is 6. The molecule has 0 aliphatic carbocycles. The highest BCUT2D eigenvalue weighted by Crippen LogP contribution is 2.40. The minimum atomic E-state index is -0.914. The number of carbonyl (C=O) groups is 1. The molecule has 3 aromatic rings. The van der Waals surface area contributed by atoms with Crippen LogP contribution in [-0.4, -0.2) is 29.1 Å². The number of carboxylic acids is 1. The van der Waals surface area contributed by atoms with Gasteiger partial charge in [0.05, 0.1) is 12.0 Å². The molecule has 5 heteroatoms. The molecule has 0 bridgehead atoms. The third kappa shape index (κ3) is 4.26. The Labute approximate surface area is 177 Å². The Morgan fingerprint density at radius 2 is 1.48 bits per heavy atom. The second-order valence-corrected chi connectivity index (χ2v) is 8.37. The predicted octanol–water partition coefficient (Wildman–Crippen LogP) is 5.48. The van der Waals surface area contributed by atoms with Crippen molar-refractivity contribution >= 4 is 21.9 Å². The molecule has 4 rings (SSSR count). The molecule has 148 valence electrons. The molecule has 1 N–H and O–H groups in total. The molecular formula is C24H21BrFNO2. The SMILES string of the molecule is O=C(O)C(c1cc(F)cc(Br)c1)C1CN(C(c2ccccc2)c2ccccc2)C1. The van der Waals surface area contributed by atoms with Crippen LogP contribution in [0.5, 0.6) is 0 Å². The molecule has 29 heavy (non-hydrogen) atoms. The van der Waals surface area contributed by atoms with Crippen molar-refractivity contribution in [2.45, 2.75) is 12.0 Å². The summed E-state index contributed by atoms with van der Waals surface area (Å²) in [5.74, 6) is -2.15. The summed E-state index contributed by atoms with van der Waals surface area (Å²) >= 11 is 3.27. The number of likely N-dealkylation sites (tertiary alicyclic amines) is 1. The lowest BCUT2D eigenvalue weighted by atomic mass is 9.79. The second kappa shape index (κ2) is 8.47. The van der Waals surface area contributed by atoms with Crippen molar-refractivity contribution in [1.82, 2.24) is 4.90 Å². The monoisotopic (exact) mass is 453 g/mol. The van der Waals surface area contributed by atoms with Crippen molar-refractivity contribution in [2.75, 3.05) is 13.1 Å². The number of aliphatic carboxylic acids is 1. The Balaban J connectivity index is 1.59. The van der Waals surface area contributed by atoms with Gasteiger partial charge in [-0.3, -0.25) is 9.69 Å². The first kappa shape index (κ1) is 19.8. The molecule has 1 saturated heterocycles. The summed E-state index contributed by atoms with van der Waals surface area (Å²) in [4.78, 5) is 14.3. The number of carboxylic acid groups (broad SMARTS) is 1. The molecular weight excluding hydrogens is 433 g/mol. The van der Waals surface area contributed by atoms with Crippen molar-refractivity contribution in [3.05, 3.63) is 106 Å². The highest BCUT2D eigenvalue weighted by molar-refractivity contribution is 9.10. The first-order valence-electron chi connectivity index (χ1n) is 9.55. The fourth-order valence-electron chi connectivity index (χ4n) is 4.23. The summed E-state index contributed by atoms with van der Waals surface area (Å²) in [5, 5.41) is 9.85. The van der Waals surface area contributed by atoms with Gasteiger partial charge in [0.2, 0.25) is 0 Å². The third-order valence-electron chi connectivity index (χ3n) is 5.52. The Morgan fingerprint density at radius 1 is 0.931 bits per heavy atom. The van der Waals surface area contributed by atoms with Gasteiger partial charge < -0.3 is 5.11 Å². The van der Waals surface area contributed by atoms with Gasteiger partial charge in [0, 0.05) is 23.5 Å². The maximum atomic E-state index is 13.9.